The molecule has 0 bridgehead atoms. The maximum absolute atomic E-state index is 11.2. The lowest BCUT2D eigenvalue weighted by Gasteiger charge is -2.12. The van der Waals surface area contributed by atoms with Gasteiger partial charge in [0.05, 0.1) is 27.4 Å². The maximum atomic E-state index is 11.2. The molecule has 0 unspecified atom stereocenters. The van der Waals surface area contributed by atoms with Crippen molar-refractivity contribution in [2.45, 2.75) is 13.3 Å². The van der Waals surface area contributed by atoms with Crippen LogP contribution in [-0.2, 0) is 16.0 Å². The molecule has 0 spiro atoms. The van der Waals surface area contributed by atoms with Gasteiger partial charge in [-0.1, -0.05) is 15.9 Å². The van der Waals surface area contributed by atoms with E-state index in [-0.39, 0.29) is 12.5 Å². The van der Waals surface area contributed by atoms with Crippen molar-refractivity contribution in [2.24, 2.45) is 0 Å². The number of benzene rings is 1. The number of halogens is 1. The molecule has 0 aliphatic heterocycles. The zero-order valence-electron chi connectivity index (χ0n) is 12.0. The first-order valence-electron chi connectivity index (χ1n) is 6.39. The molecule has 0 heterocycles. The summed E-state index contributed by atoms with van der Waals surface area (Å²) in [5.74, 6) is 1.14. The first-order chi connectivity index (χ1) is 9.62. The Morgan fingerprint density at radius 3 is 2.50 bits per heavy atom. The van der Waals surface area contributed by atoms with Gasteiger partial charge in [0.2, 0.25) is 0 Å². The quantitative estimate of drug-likeness (QED) is 0.578. The topological polar surface area (TPSA) is 56.8 Å². The summed E-state index contributed by atoms with van der Waals surface area (Å²) in [4.78, 5) is 11.2. The van der Waals surface area contributed by atoms with E-state index in [4.69, 9.17) is 14.2 Å². The Labute approximate surface area is 127 Å². The van der Waals surface area contributed by atoms with Gasteiger partial charge in [-0.3, -0.25) is 4.79 Å². The van der Waals surface area contributed by atoms with Crippen molar-refractivity contribution < 1.29 is 19.0 Å². The van der Waals surface area contributed by atoms with Crippen LogP contribution in [0.5, 0.6) is 11.5 Å². The van der Waals surface area contributed by atoms with Gasteiger partial charge in [-0.15, -0.1) is 0 Å². The Kier molecular flexibility index (Phi) is 7.40. The first-order valence-corrected chi connectivity index (χ1v) is 7.18. The number of esters is 1. The third-order valence-electron chi connectivity index (χ3n) is 2.70. The third-order valence-corrected chi connectivity index (χ3v) is 3.44. The minimum Gasteiger partial charge on any atom is -0.493 e. The summed E-state index contributed by atoms with van der Waals surface area (Å²) >= 11 is 3.50. The molecule has 0 amide bonds. The van der Waals surface area contributed by atoms with Gasteiger partial charge in [0.25, 0.3) is 0 Å². The zero-order chi connectivity index (χ0) is 15.0. The fourth-order valence-corrected chi connectivity index (χ4v) is 2.23. The van der Waals surface area contributed by atoms with Crippen molar-refractivity contribution in [2.75, 3.05) is 33.9 Å². The Morgan fingerprint density at radius 2 is 1.90 bits per heavy atom. The Bertz CT molecular complexity index is 451. The predicted molar refractivity (Wildman–Crippen MR) is 80.5 cm³/mol. The average molecular weight is 346 g/mol. The molecule has 0 aromatic heterocycles. The molecule has 1 rings (SSSR count). The minimum absolute atomic E-state index is 0.221. The van der Waals surface area contributed by atoms with Crippen molar-refractivity contribution in [3.63, 3.8) is 0 Å². The summed E-state index contributed by atoms with van der Waals surface area (Å²) in [5, 5.41) is 3.04. The van der Waals surface area contributed by atoms with Gasteiger partial charge in [-0.05, 0) is 37.6 Å². The number of hydrogen-bond acceptors (Lipinski definition) is 5. The molecule has 0 radical (unpaired) electrons. The van der Waals surface area contributed by atoms with E-state index in [1.54, 1.807) is 21.1 Å². The van der Waals surface area contributed by atoms with E-state index >= 15 is 0 Å². The fourth-order valence-electron chi connectivity index (χ4n) is 1.71. The van der Waals surface area contributed by atoms with E-state index < -0.39 is 0 Å². The Balaban J connectivity index is 2.53. The van der Waals surface area contributed by atoms with Crippen molar-refractivity contribution >= 4 is 21.9 Å². The van der Waals surface area contributed by atoms with Crippen LogP contribution >= 0.6 is 15.9 Å². The zero-order valence-corrected chi connectivity index (χ0v) is 13.6. The summed E-state index contributed by atoms with van der Waals surface area (Å²) in [5.41, 5.74) is 1.08. The molecule has 0 aliphatic rings. The van der Waals surface area contributed by atoms with E-state index in [2.05, 4.69) is 21.2 Å². The molecule has 0 aliphatic carbocycles. The summed E-state index contributed by atoms with van der Waals surface area (Å²) < 4.78 is 16.3. The van der Waals surface area contributed by atoms with E-state index in [9.17, 15) is 4.79 Å². The van der Waals surface area contributed by atoms with Gasteiger partial charge in [0.15, 0.2) is 11.5 Å². The molecule has 1 N–H and O–H groups in total. The van der Waals surface area contributed by atoms with E-state index in [1.807, 2.05) is 12.1 Å². The average Bonchev–Trinajstić information content (AvgIpc) is 2.44. The van der Waals surface area contributed by atoms with Crippen LogP contribution in [-0.4, -0.2) is 39.9 Å². The molecular weight excluding hydrogens is 326 g/mol. The van der Waals surface area contributed by atoms with Crippen LogP contribution in [0.4, 0.5) is 0 Å². The normalized spacial score (nSPS) is 10.2. The van der Waals surface area contributed by atoms with Gasteiger partial charge in [-0.25, -0.2) is 0 Å². The molecule has 112 valence electrons. The third kappa shape index (κ3) is 5.02. The van der Waals surface area contributed by atoms with E-state index in [0.29, 0.717) is 24.7 Å². The van der Waals surface area contributed by atoms with Crippen molar-refractivity contribution in [3.05, 3.63) is 22.2 Å². The molecular formula is C14H20BrNO4. The lowest BCUT2D eigenvalue weighted by atomic mass is 10.1. The van der Waals surface area contributed by atoms with Crippen LogP contribution in [0.25, 0.3) is 0 Å². The van der Waals surface area contributed by atoms with Crippen LogP contribution in [0.15, 0.2) is 16.6 Å². The van der Waals surface area contributed by atoms with Crippen molar-refractivity contribution in [1.82, 2.24) is 5.32 Å². The SMILES string of the molecule is CCOC(=O)CNCCc1cc(OC)c(OC)cc1Br. The van der Waals surface area contributed by atoms with Crippen LogP contribution in [0, 0.1) is 0 Å². The standard InChI is InChI=1S/C14H20BrNO4/c1-4-20-14(17)9-16-6-5-10-7-12(18-2)13(19-3)8-11(10)15/h7-8,16H,4-6,9H2,1-3H3. The van der Waals surface area contributed by atoms with Crippen molar-refractivity contribution in [1.29, 1.82) is 0 Å². The van der Waals surface area contributed by atoms with Crippen LogP contribution in [0.2, 0.25) is 0 Å². The number of ether oxygens (including phenoxy) is 3. The Morgan fingerprint density at radius 1 is 1.25 bits per heavy atom. The molecule has 0 saturated heterocycles. The highest BCUT2D eigenvalue weighted by Crippen LogP contribution is 2.33. The second-order valence-corrected chi connectivity index (χ2v) is 4.88. The van der Waals surface area contributed by atoms with Gasteiger partial charge in [0, 0.05) is 4.47 Å². The minimum atomic E-state index is -0.237. The van der Waals surface area contributed by atoms with Gasteiger partial charge >= 0.3 is 5.97 Å². The molecule has 5 nitrogen and oxygen atoms in total. The number of nitrogens with one attached hydrogen (secondary N) is 1. The van der Waals surface area contributed by atoms with Gasteiger partial charge < -0.3 is 19.5 Å². The van der Waals surface area contributed by atoms with E-state index in [1.165, 1.54) is 0 Å². The maximum Gasteiger partial charge on any atom is 0.319 e. The van der Waals surface area contributed by atoms with Crippen LogP contribution < -0.4 is 14.8 Å². The number of carbonyl (C=O) groups excluding carboxylic acids is 1. The molecule has 0 fully saturated rings. The highest BCUT2D eigenvalue weighted by molar-refractivity contribution is 9.10. The summed E-state index contributed by atoms with van der Waals surface area (Å²) in [6.07, 6.45) is 0.764. The number of rotatable bonds is 8. The molecule has 0 atom stereocenters. The molecule has 1 aromatic rings. The molecule has 6 heteroatoms. The monoisotopic (exact) mass is 345 g/mol. The number of methoxy groups -OCH3 is 2. The van der Waals surface area contributed by atoms with Gasteiger partial charge in [0.1, 0.15) is 0 Å². The highest BCUT2D eigenvalue weighted by atomic mass is 79.9. The van der Waals surface area contributed by atoms with Gasteiger partial charge in [-0.2, -0.15) is 0 Å². The predicted octanol–water partition coefficient (Wildman–Crippen LogP) is 2.16. The fraction of sp³-hybridized carbons (Fsp3) is 0.500. The van der Waals surface area contributed by atoms with Crippen molar-refractivity contribution in [3.8, 4) is 11.5 Å². The first kappa shape index (κ1) is 16.8. The largest absolute Gasteiger partial charge is 0.493 e. The van der Waals surface area contributed by atoms with Crippen LogP contribution in [0.1, 0.15) is 12.5 Å². The lowest BCUT2D eigenvalue weighted by molar-refractivity contribution is -0.141. The second kappa shape index (κ2) is 8.81. The molecule has 0 saturated carbocycles. The molecule has 20 heavy (non-hydrogen) atoms. The summed E-state index contributed by atoms with van der Waals surface area (Å²) in [6, 6.07) is 3.80. The highest BCUT2D eigenvalue weighted by Gasteiger charge is 2.09. The van der Waals surface area contributed by atoms with Crippen LogP contribution in [0.3, 0.4) is 0 Å². The second-order valence-electron chi connectivity index (χ2n) is 4.03. The van der Waals surface area contributed by atoms with E-state index in [0.717, 1.165) is 16.5 Å². The summed E-state index contributed by atoms with van der Waals surface area (Å²) in [7, 11) is 3.21. The number of hydrogen-bond donors (Lipinski definition) is 1. The molecule has 1 aromatic carbocycles. The lowest BCUT2D eigenvalue weighted by Crippen LogP contribution is -2.26. The smallest absolute Gasteiger partial charge is 0.319 e. The number of carbonyl (C=O) groups is 1. The summed E-state index contributed by atoms with van der Waals surface area (Å²) in [6.45, 7) is 3.09. The Hall–Kier alpha value is -1.27.